The number of nitriles is 1. The summed E-state index contributed by atoms with van der Waals surface area (Å²) in [6.07, 6.45) is 0.336. The van der Waals surface area contributed by atoms with Crippen LogP contribution in [-0.4, -0.2) is 141 Å². The van der Waals surface area contributed by atoms with Gasteiger partial charge in [-0.3, -0.25) is 32.5 Å². The lowest BCUT2D eigenvalue weighted by molar-refractivity contribution is -0.138. The van der Waals surface area contributed by atoms with Crippen molar-refractivity contribution < 1.29 is 74.9 Å². The van der Waals surface area contributed by atoms with Crippen molar-refractivity contribution in [3.05, 3.63) is 143 Å². The third-order valence-electron chi connectivity index (χ3n) is 9.82. The molecule has 0 spiro atoms. The fourth-order valence-electron chi connectivity index (χ4n) is 5.69. The molecule has 7 N–H and O–H groups in total. The number of carbonyl (C=O) groups is 2. The van der Waals surface area contributed by atoms with Gasteiger partial charge in [0, 0.05) is 125 Å². The Labute approximate surface area is 501 Å². The van der Waals surface area contributed by atoms with Crippen LogP contribution in [-0.2, 0) is 55.4 Å². The molecule has 0 aliphatic heterocycles. The van der Waals surface area contributed by atoms with Gasteiger partial charge in [-0.15, -0.1) is 0 Å². The van der Waals surface area contributed by atoms with Gasteiger partial charge in [-0.05, 0) is 48.5 Å². The minimum absolute atomic E-state index is 0.0209. The maximum Gasteiger partial charge on any atom is 0.421 e. The van der Waals surface area contributed by atoms with Crippen molar-refractivity contribution in [3.63, 3.8) is 0 Å². The molecule has 0 saturated carbocycles. The largest absolute Gasteiger partial charge is 0.421 e. The van der Waals surface area contributed by atoms with Crippen molar-refractivity contribution in [1.82, 2.24) is 60.5 Å². The lowest BCUT2D eigenvalue weighted by Crippen LogP contribution is -2.27. The molecule has 0 saturated heterocycles. The standard InChI is InChI=1S/C20H21F3N8O3S.C13H10ClF3N4O.C7H12N4O2S.C7H8N4O2S/c1-24-18(32)12-4-6-13(7-5-12)29-19-28-10-14(20(21,22)23)16(30-19)27-11-15-17(26-9-8-25-15)31(2)35(3,33)34;1-18-11(22)7-2-4-8(5-3-7)20-12-19-6-9(10(14)21-12)13(15,16)17;2*1-11(14(2,12)13)7-6(5-8)9-3-4-10-7/h4-10H,11H2,1-3H3,(H,24,32)(H2,27,28,29,30);2-6H,1H3,(H,18,22)(H,19,20,21);3-4H,5,8H2,1-2H3;3-4H,1-2H3/i11D2;;1D3,5D2;1D3. The number of nitrogens with one attached hydrogen (secondary N) is 5. The molecule has 2 aromatic carbocycles. The van der Waals surface area contributed by atoms with E-state index in [2.05, 4.69) is 76.4 Å². The molecule has 0 atom stereocenters. The van der Waals surface area contributed by atoms with E-state index in [4.69, 9.17) is 36.3 Å². The van der Waals surface area contributed by atoms with Gasteiger partial charge in [0.25, 0.3) is 11.8 Å². The number of halogens is 7. The van der Waals surface area contributed by atoms with Crippen LogP contribution in [0.25, 0.3) is 0 Å². The number of nitrogens with two attached hydrogens (primary N) is 1. The van der Waals surface area contributed by atoms with Gasteiger partial charge in [-0.1, -0.05) is 11.6 Å². The summed E-state index contributed by atoms with van der Waals surface area (Å²) in [6, 6.07) is 13.7. The first kappa shape index (κ1) is 53.7. The maximum atomic E-state index is 13.7. The van der Waals surface area contributed by atoms with Crippen molar-refractivity contribution in [3.8, 4) is 6.07 Å². The average Bonchev–Trinajstić information content (AvgIpc) is 0.787. The Kier molecular flexibility index (Phi) is 18.5. The van der Waals surface area contributed by atoms with Gasteiger partial charge in [0.2, 0.25) is 42.0 Å². The smallest absolute Gasteiger partial charge is 0.364 e. The van der Waals surface area contributed by atoms with E-state index in [-0.39, 0.29) is 38.0 Å². The number of hydrogen-bond donors (Lipinski definition) is 6. The predicted octanol–water partition coefficient (Wildman–Crippen LogP) is 4.72. The number of amides is 2. The van der Waals surface area contributed by atoms with Gasteiger partial charge in [0.1, 0.15) is 33.9 Å². The van der Waals surface area contributed by atoms with Crippen LogP contribution in [0.3, 0.4) is 0 Å². The number of hydrogen-bond acceptors (Lipinski definition) is 23. The van der Waals surface area contributed by atoms with E-state index < -0.39 is 120 Å². The molecule has 0 unspecified atom stereocenters. The van der Waals surface area contributed by atoms with Gasteiger partial charge in [-0.2, -0.15) is 36.6 Å². The number of benzene rings is 2. The van der Waals surface area contributed by atoms with Gasteiger partial charge < -0.3 is 32.3 Å². The first-order valence-corrected chi connectivity index (χ1v) is 28.5. The van der Waals surface area contributed by atoms with E-state index in [0.717, 1.165) is 50.5 Å². The Morgan fingerprint density at radius 2 is 1.02 bits per heavy atom. The molecular formula is C47H51ClF6N20O8S3. The first-order valence-electron chi connectivity index (χ1n) is 27.6. The second kappa shape index (κ2) is 29.3. The van der Waals surface area contributed by atoms with Crippen molar-refractivity contribution in [2.45, 2.75) is 25.3 Å². The molecular weight excluding hydrogens is 1220 g/mol. The van der Waals surface area contributed by atoms with Gasteiger partial charge in [0.15, 0.2) is 23.1 Å². The lowest BCUT2D eigenvalue weighted by Gasteiger charge is -2.19. The van der Waals surface area contributed by atoms with Crippen LogP contribution >= 0.6 is 11.6 Å². The number of alkyl halides is 6. The lowest BCUT2D eigenvalue weighted by atomic mass is 10.2. The van der Waals surface area contributed by atoms with Gasteiger partial charge >= 0.3 is 12.4 Å². The summed E-state index contributed by atoms with van der Waals surface area (Å²) in [5.74, 6) is -3.50. The molecule has 0 fully saturated rings. The van der Waals surface area contributed by atoms with E-state index in [0.29, 0.717) is 45.5 Å². The van der Waals surface area contributed by atoms with Crippen LogP contribution in [0.15, 0.2) is 98.1 Å². The molecule has 0 aliphatic rings. The molecule has 7 rings (SSSR count). The normalized spacial score (nSPS) is 13.7. The van der Waals surface area contributed by atoms with Crippen LogP contribution in [0.1, 0.15) is 62.6 Å². The Hall–Kier alpha value is -9.25. The van der Waals surface area contributed by atoms with E-state index >= 15 is 0 Å². The maximum absolute atomic E-state index is 13.7. The Morgan fingerprint density at radius 1 is 0.624 bits per heavy atom. The molecule has 2 amide bonds. The minimum Gasteiger partial charge on any atom is -0.364 e. The third-order valence-corrected chi connectivity index (χ3v) is 13.0. The molecule has 5 aromatic heterocycles. The molecule has 7 aromatic rings. The summed E-state index contributed by atoms with van der Waals surface area (Å²) < 4.78 is 224. The fraction of sp³-hybridized carbons (Fsp3) is 0.255. The van der Waals surface area contributed by atoms with Crippen molar-refractivity contribution in [2.24, 2.45) is 5.73 Å². The Bertz CT molecular complexity index is 4290. The number of nitrogens with zero attached hydrogens (tertiary/aromatic N) is 14. The quantitative estimate of drug-likeness (QED) is 0.0563. The van der Waals surface area contributed by atoms with E-state index in [9.17, 15) is 61.2 Å². The van der Waals surface area contributed by atoms with Crippen LogP contribution in [0.5, 0.6) is 0 Å². The summed E-state index contributed by atoms with van der Waals surface area (Å²) in [4.78, 5) is 59.6. The molecule has 85 heavy (non-hydrogen) atoms. The Balaban J connectivity index is 0.000000285. The topological polar surface area (TPSA) is 385 Å². The van der Waals surface area contributed by atoms with Crippen LogP contribution in [0, 0.1) is 11.3 Å². The summed E-state index contributed by atoms with van der Waals surface area (Å²) in [6.45, 7) is -11.4. The first-order chi connectivity index (χ1) is 43.5. The zero-order chi connectivity index (χ0) is 72.3. The highest BCUT2D eigenvalue weighted by molar-refractivity contribution is 7.92. The summed E-state index contributed by atoms with van der Waals surface area (Å²) in [5.41, 5.74) is 2.83. The molecule has 454 valence electrons. The number of sulfonamides is 3. The van der Waals surface area contributed by atoms with Crippen LogP contribution in [0.4, 0.5) is 72.9 Å². The average molecular weight is 1280 g/mol. The van der Waals surface area contributed by atoms with Crippen molar-refractivity contribution in [2.75, 3.05) is 82.7 Å². The van der Waals surface area contributed by atoms with E-state index in [1.165, 1.54) is 44.6 Å². The summed E-state index contributed by atoms with van der Waals surface area (Å²) >= 11 is 5.50. The highest BCUT2D eigenvalue weighted by Crippen LogP contribution is 2.35. The molecule has 0 radical (unpaired) electrons. The second-order valence-corrected chi connectivity index (χ2v) is 21.9. The number of rotatable bonds is 16. The SMILES string of the molecule is CNC(=O)c1ccc(Nc2ncc(C(F)(F)F)c(Cl)n2)cc1.[2H]C([2H])(N)c1nccnc1N(C([2H])([2H])[2H])S(C)(=O)=O.[2H]C([2H])(Nc1nc(Nc2ccc(C(=O)NC)cc2)ncc1C(F)(F)F)c1nccnc1N(C)S(C)(=O)=O.[2H]C([2H])([2H])N(c1nccnc1C#N)S(C)(=O)=O. The highest BCUT2D eigenvalue weighted by atomic mass is 35.5. The second-order valence-electron chi connectivity index (χ2n) is 15.9. The fourth-order valence-corrected chi connectivity index (χ4v) is 7.27. The molecule has 38 heteroatoms. The number of aromatic nitrogens is 10. The highest BCUT2D eigenvalue weighted by Gasteiger charge is 2.36. The molecule has 0 bridgehead atoms. The third kappa shape index (κ3) is 20.0. The van der Waals surface area contributed by atoms with Crippen molar-refractivity contribution in [1.29, 1.82) is 5.26 Å². The van der Waals surface area contributed by atoms with Gasteiger partial charge in [0.05, 0.1) is 33.7 Å². The summed E-state index contributed by atoms with van der Waals surface area (Å²) in [7, 11) is -8.14. The van der Waals surface area contributed by atoms with Crippen LogP contribution in [0.2, 0.25) is 5.15 Å². The monoisotopic (exact) mass is 1280 g/mol. The van der Waals surface area contributed by atoms with Gasteiger partial charge in [-0.25, -0.2) is 60.1 Å². The summed E-state index contributed by atoms with van der Waals surface area (Å²) in [5, 5.41) is 20.4. The number of anilines is 8. The number of carbonyl (C=O) groups excluding carboxylic acids is 2. The Morgan fingerprint density at radius 3 is 1.44 bits per heavy atom. The zero-order valence-corrected chi connectivity index (χ0v) is 47.4. The molecule has 0 aliphatic carbocycles. The van der Waals surface area contributed by atoms with Crippen LogP contribution < -0.4 is 45.2 Å². The molecule has 28 nitrogen and oxygen atoms in total. The van der Waals surface area contributed by atoms with E-state index in [1.807, 2.05) is 0 Å². The zero-order valence-electron chi connectivity index (χ0n) is 54.2. The predicted molar refractivity (Wildman–Crippen MR) is 301 cm³/mol. The molecule has 5 heterocycles. The van der Waals surface area contributed by atoms with Crippen molar-refractivity contribution >= 4 is 100 Å². The van der Waals surface area contributed by atoms with E-state index in [1.54, 1.807) is 30.3 Å². The minimum atomic E-state index is -4.96.